The fraction of sp³-hybridized carbons (Fsp3) is 0.120. The second kappa shape index (κ2) is 9.68. The smallest absolute Gasteiger partial charge is 0.352 e. The number of halogens is 5. The van der Waals surface area contributed by atoms with Crippen LogP contribution in [0.1, 0.15) is 6.92 Å². The normalized spacial score (nSPS) is 11.9. The van der Waals surface area contributed by atoms with E-state index in [0.29, 0.717) is 11.3 Å². The molecule has 36 heavy (non-hydrogen) atoms. The lowest BCUT2D eigenvalue weighted by molar-refractivity contribution is -0.141. The van der Waals surface area contributed by atoms with Crippen LogP contribution in [0.15, 0.2) is 57.9 Å². The van der Waals surface area contributed by atoms with Crippen molar-refractivity contribution < 1.29 is 45.4 Å². The molecule has 0 aliphatic heterocycles. The maximum Gasteiger partial charge on any atom is 0.352 e. The molecular weight excluding hydrogens is 491 g/mol. The first-order valence-electron chi connectivity index (χ1n) is 10.2. The summed E-state index contributed by atoms with van der Waals surface area (Å²) < 4.78 is 88.1. The van der Waals surface area contributed by atoms with Crippen molar-refractivity contribution in [1.29, 1.82) is 0 Å². The quantitative estimate of drug-likeness (QED) is 0.112. The van der Waals surface area contributed by atoms with Gasteiger partial charge in [0.1, 0.15) is 23.3 Å². The minimum atomic E-state index is -2.36. The molecule has 0 aliphatic carbocycles. The molecule has 0 fully saturated rings. The fourth-order valence-corrected chi connectivity index (χ4v) is 3.34. The van der Waals surface area contributed by atoms with E-state index in [1.54, 1.807) is 24.3 Å². The number of rotatable bonds is 6. The lowest BCUT2D eigenvalue weighted by atomic mass is 10.0. The van der Waals surface area contributed by atoms with Crippen molar-refractivity contribution in [3.63, 3.8) is 0 Å². The first kappa shape index (κ1) is 24.7. The first-order valence-corrected chi connectivity index (χ1v) is 10.2. The van der Waals surface area contributed by atoms with E-state index < -0.39 is 46.9 Å². The Hall–Kier alpha value is -4.41. The van der Waals surface area contributed by atoms with E-state index in [1.165, 1.54) is 31.6 Å². The molecule has 186 valence electrons. The van der Waals surface area contributed by atoms with Crippen LogP contribution in [0.25, 0.3) is 22.1 Å². The summed E-state index contributed by atoms with van der Waals surface area (Å²) in [6, 6.07) is 10.6. The Labute approximate surface area is 199 Å². The number of ether oxygens (including phenoxy) is 3. The van der Waals surface area contributed by atoms with Crippen molar-refractivity contribution in [3.05, 3.63) is 88.0 Å². The number of carbonyl (C=O) groups is 1. The van der Waals surface area contributed by atoms with Gasteiger partial charge in [-0.15, -0.1) is 0 Å². The Morgan fingerprint density at radius 1 is 0.889 bits per heavy atom. The van der Waals surface area contributed by atoms with Crippen molar-refractivity contribution in [3.8, 4) is 28.4 Å². The molecule has 1 atom stereocenters. The Bertz CT molecular complexity index is 1520. The van der Waals surface area contributed by atoms with Gasteiger partial charge in [0.05, 0.1) is 18.1 Å². The molecule has 0 aliphatic rings. The van der Waals surface area contributed by atoms with Crippen LogP contribution in [-0.2, 0) is 4.79 Å². The van der Waals surface area contributed by atoms with E-state index in [2.05, 4.69) is 4.74 Å². The van der Waals surface area contributed by atoms with E-state index in [1.807, 2.05) is 0 Å². The number of benzene rings is 3. The van der Waals surface area contributed by atoms with Gasteiger partial charge in [-0.3, -0.25) is 4.79 Å². The van der Waals surface area contributed by atoms with Crippen LogP contribution in [0, 0.1) is 29.1 Å². The molecule has 0 radical (unpaired) electrons. The molecule has 0 amide bonds. The standard InChI is InChI=1S/C25H15F5O6/c1-11(35-24-21(29)19(27)18(26)20(28)22(24)30)25(32)36-12-7-8-14-17(9-12)34-10-15(23(14)31)13-5-3-4-6-16(13)33-2/h3-11H,1-2H3. The summed E-state index contributed by atoms with van der Waals surface area (Å²) in [4.78, 5) is 25.3. The van der Waals surface area contributed by atoms with E-state index >= 15 is 0 Å². The zero-order valence-corrected chi connectivity index (χ0v) is 18.5. The van der Waals surface area contributed by atoms with E-state index in [4.69, 9.17) is 13.9 Å². The third-order valence-corrected chi connectivity index (χ3v) is 5.16. The van der Waals surface area contributed by atoms with Crippen LogP contribution in [0.2, 0.25) is 0 Å². The highest BCUT2D eigenvalue weighted by Gasteiger charge is 2.30. The zero-order valence-electron chi connectivity index (χ0n) is 18.5. The van der Waals surface area contributed by atoms with Crippen molar-refractivity contribution >= 4 is 16.9 Å². The molecule has 3 aromatic carbocycles. The average Bonchev–Trinajstić information content (AvgIpc) is 2.89. The molecule has 1 unspecified atom stereocenters. The molecular formula is C25H15F5O6. The first-order chi connectivity index (χ1) is 17.1. The zero-order chi connectivity index (χ0) is 26.1. The lowest BCUT2D eigenvalue weighted by Crippen LogP contribution is -2.29. The van der Waals surface area contributed by atoms with Gasteiger partial charge in [0.2, 0.25) is 34.5 Å². The summed E-state index contributed by atoms with van der Waals surface area (Å²) in [6.45, 7) is 0.987. The number of esters is 1. The predicted molar refractivity (Wildman–Crippen MR) is 116 cm³/mol. The number of hydrogen-bond donors (Lipinski definition) is 0. The molecule has 0 saturated carbocycles. The van der Waals surface area contributed by atoms with Gasteiger partial charge in [-0.25, -0.2) is 18.0 Å². The van der Waals surface area contributed by atoms with Crippen molar-refractivity contribution in [2.24, 2.45) is 0 Å². The SMILES string of the molecule is COc1ccccc1-c1coc2cc(OC(=O)C(C)Oc3c(F)c(F)c(F)c(F)c3F)ccc2c1=O. The molecule has 0 saturated heterocycles. The van der Waals surface area contributed by atoms with E-state index in [9.17, 15) is 31.5 Å². The maximum absolute atomic E-state index is 13.8. The Kier molecular flexibility index (Phi) is 6.65. The number of carbonyl (C=O) groups excluding carboxylic acids is 1. The van der Waals surface area contributed by atoms with Crippen LogP contribution in [-0.4, -0.2) is 19.2 Å². The molecule has 6 nitrogen and oxygen atoms in total. The van der Waals surface area contributed by atoms with Gasteiger partial charge in [0, 0.05) is 11.6 Å². The van der Waals surface area contributed by atoms with E-state index in [-0.39, 0.29) is 27.7 Å². The summed E-state index contributed by atoms with van der Waals surface area (Å²) in [5.41, 5.74) is 0.402. The topological polar surface area (TPSA) is 75.0 Å². The largest absolute Gasteiger partial charge is 0.496 e. The fourth-order valence-electron chi connectivity index (χ4n) is 3.34. The molecule has 1 aromatic heterocycles. The summed E-state index contributed by atoms with van der Waals surface area (Å²) in [7, 11) is 1.46. The van der Waals surface area contributed by atoms with Gasteiger partial charge in [-0.05, 0) is 25.1 Å². The molecule has 0 bridgehead atoms. The van der Waals surface area contributed by atoms with Crippen LogP contribution < -0.4 is 19.6 Å². The van der Waals surface area contributed by atoms with Crippen LogP contribution >= 0.6 is 0 Å². The maximum atomic E-state index is 13.8. The third kappa shape index (κ3) is 4.35. The molecule has 1 heterocycles. The van der Waals surface area contributed by atoms with Crippen LogP contribution in [0.5, 0.6) is 17.2 Å². The summed E-state index contributed by atoms with van der Waals surface area (Å²) in [5, 5.41) is 0.156. The van der Waals surface area contributed by atoms with Crippen molar-refractivity contribution in [2.75, 3.05) is 7.11 Å². The minimum Gasteiger partial charge on any atom is -0.496 e. The van der Waals surface area contributed by atoms with Gasteiger partial charge < -0.3 is 18.6 Å². The van der Waals surface area contributed by atoms with Gasteiger partial charge >= 0.3 is 5.97 Å². The second-order valence-electron chi connectivity index (χ2n) is 7.42. The van der Waals surface area contributed by atoms with Gasteiger partial charge in [-0.2, -0.15) is 8.78 Å². The van der Waals surface area contributed by atoms with Crippen molar-refractivity contribution in [2.45, 2.75) is 13.0 Å². The van der Waals surface area contributed by atoms with Crippen molar-refractivity contribution in [1.82, 2.24) is 0 Å². The molecule has 0 spiro atoms. The Morgan fingerprint density at radius 3 is 2.19 bits per heavy atom. The molecule has 0 N–H and O–H groups in total. The Balaban J connectivity index is 1.58. The lowest BCUT2D eigenvalue weighted by Gasteiger charge is -2.15. The molecule has 4 aromatic rings. The van der Waals surface area contributed by atoms with Gasteiger partial charge in [0.15, 0.2) is 11.9 Å². The van der Waals surface area contributed by atoms with Gasteiger partial charge in [-0.1, -0.05) is 18.2 Å². The van der Waals surface area contributed by atoms with Gasteiger partial charge in [0.25, 0.3) is 0 Å². The number of hydrogen-bond acceptors (Lipinski definition) is 6. The van der Waals surface area contributed by atoms with Crippen LogP contribution in [0.3, 0.4) is 0 Å². The third-order valence-electron chi connectivity index (χ3n) is 5.16. The minimum absolute atomic E-state index is 0.0530. The number of fused-ring (bicyclic) bond motifs is 1. The molecule has 4 rings (SSSR count). The summed E-state index contributed by atoms with van der Waals surface area (Å²) in [6.07, 6.45) is -0.558. The second-order valence-corrected chi connectivity index (χ2v) is 7.42. The monoisotopic (exact) mass is 506 g/mol. The highest BCUT2D eigenvalue weighted by molar-refractivity contribution is 5.85. The number of para-hydroxylation sites is 1. The number of methoxy groups -OCH3 is 1. The Morgan fingerprint density at radius 2 is 1.53 bits per heavy atom. The highest BCUT2D eigenvalue weighted by atomic mass is 19.2. The average molecular weight is 506 g/mol. The predicted octanol–water partition coefficient (Wildman–Crippen LogP) is 5.54. The summed E-state index contributed by atoms with van der Waals surface area (Å²) in [5.74, 6) is -13.8. The highest BCUT2D eigenvalue weighted by Crippen LogP contribution is 2.31. The molecule has 11 heteroatoms. The van der Waals surface area contributed by atoms with Crippen LogP contribution in [0.4, 0.5) is 22.0 Å². The van der Waals surface area contributed by atoms with E-state index in [0.717, 1.165) is 6.92 Å². The summed E-state index contributed by atoms with van der Waals surface area (Å²) >= 11 is 0.